The number of halogens is 1. The lowest BCUT2D eigenvalue weighted by molar-refractivity contribution is 0.471. The number of alkyl halides is 1. The molecule has 1 aliphatic heterocycles. The van der Waals surface area contributed by atoms with Gasteiger partial charge in [0.1, 0.15) is 0 Å². The van der Waals surface area contributed by atoms with Gasteiger partial charge in [-0.05, 0) is 20.3 Å². The van der Waals surface area contributed by atoms with Gasteiger partial charge in [0.2, 0.25) is 10.0 Å². The Morgan fingerprint density at radius 2 is 2.08 bits per heavy atom. The summed E-state index contributed by atoms with van der Waals surface area (Å²) in [6.45, 7) is 4.73. The lowest BCUT2D eigenvalue weighted by atomic mass is 10.4. The van der Waals surface area contributed by atoms with Gasteiger partial charge in [-0.1, -0.05) is 15.9 Å². The highest BCUT2D eigenvalue weighted by atomic mass is 79.9. The average molecular weight is 256 g/mol. The van der Waals surface area contributed by atoms with Crippen molar-refractivity contribution in [1.29, 1.82) is 0 Å². The van der Waals surface area contributed by atoms with Crippen LogP contribution in [-0.4, -0.2) is 35.9 Å². The molecule has 0 aromatic carbocycles. The maximum atomic E-state index is 11.6. The first-order valence-corrected chi connectivity index (χ1v) is 6.49. The first-order valence-electron chi connectivity index (χ1n) is 4.07. The molecule has 1 atom stereocenters. The highest BCUT2D eigenvalue weighted by Gasteiger charge is 2.31. The minimum absolute atomic E-state index is 0.296. The maximum Gasteiger partial charge on any atom is 0.216 e. The number of sulfonamides is 1. The van der Waals surface area contributed by atoms with Crippen LogP contribution in [0.25, 0.3) is 0 Å². The van der Waals surface area contributed by atoms with Crippen molar-refractivity contribution in [3.05, 3.63) is 0 Å². The van der Waals surface area contributed by atoms with Crippen LogP contribution in [0.3, 0.4) is 0 Å². The molecule has 0 aromatic heterocycles. The standard InChI is InChI=1S/C7H14BrNO2S/c1-6(2)12(10,11)9-4-3-7(8)5-9/h6-7H,3-5H2,1-2H3. The van der Waals surface area contributed by atoms with Gasteiger partial charge in [0.25, 0.3) is 0 Å². The Balaban J connectivity index is 2.71. The summed E-state index contributed by atoms with van der Waals surface area (Å²) in [6.07, 6.45) is 0.923. The van der Waals surface area contributed by atoms with Gasteiger partial charge in [-0.15, -0.1) is 0 Å². The lowest BCUT2D eigenvalue weighted by Crippen LogP contribution is -2.34. The highest BCUT2D eigenvalue weighted by Crippen LogP contribution is 2.21. The van der Waals surface area contributed by atoms with E-state index in [1.165, 1.54) is 0 Å². The van der Waals surface area contributed by atoms with E-state index in [4.69, 9.17) is 0 Å². The number of hydrogen-bond donors (Lipinski definition) is 0. The Morgan fingerprint density at radius 1 is 1.50 bits per heavy atom. The first-order chi connectivity index (χ1) is 5.44. The normalized spacial score (nSPS) is 26.8. The van der Waals surface area contributed by atoms with E-state index in [1.807, 2.05) is 0 Å². The van der Waals surface area contributed by atoms with Crippen LogP contribution in [0, 0.1) is 0 Å². The minimum Gasteiger partial charge on any atom is -0.212 e. The Labute approximate surface area is 82.3 Å². The topological polar surface area (TPSA) is 37.4 Å². The van der Waals surface area contributed by atoms with Crippen molar-refractivity contribution < 1.29 is 8.42 Å². The molecule has 1 fully saturated rings. The molecule has 0 aromatic rings. The minimum atomic E-state index is -3.01. The largest absolute Gasteiger partial charge is 0.216 e. The summed E-state index contributed by atoms with van der Waals surface area (Å²) >= 11 is 3.41. The molecular weight excluding hydrogens is 242 g/mol. The molecule has 0 aliphatic carbocycles. The molecule has 12 heavy (non-hydrogen) atoms. The zero-order chi connectivity index (χ0) is 9.35. The molecule has 1 saturated heterocycles. The van der Waals surface area contributed by atoms with Gasteiger partial charge in [-0.3, -0.25) is 0 Å². The third-order valence-corrected chi connectivity index (χ3v) is 5.04. The van der Waals surface area contributed by atoms with Crippen LogP contribution in [0.1, 0.15) is 20.3 Å². The molecule has 3 nitrogen and oxygen atoms in total. The smallest absolute Gasteiger partial charge is 0.212 e. The van der Waals surface area contributed by atoms with Crippen LogP contribution >= 0.6 is 15.9 Å². The third-order valence-electron chi connectivity index (χ3n) is 2.05. The van der Waals surface area contributed by atoms with E-state index in [9.17, 15) is 8.42 Å². The molecule has 1 unspecified atom stereocenters. The molecule has 0 radical (unpaired) electrons. The molecule has 1 aliphatic rings. The lowest BCUT2D eigenvalue weighted by Gasteiger charge is -2.18. The summed E-state index contributed by atoms with van der Waals surface area (Å²) < 4.78 is 24.7. The maximum absolute atomic E-state index is 11.6. The molecule has 5 heteroatoms. The molecule has 0 spiro atoms. The van der Waals surface area contributed by atoms with E-state index in [1.54, 1.807) is 18.2 Å². The fourth-order valence-corrected chi connectivity index (χ4v) is 3.31. The van der Waals surface area contributed by atoms with Gasteiger partial charge in [-0.2, -0.15) is 0 Å². The van der Waals surface area contributed by atoms with Gasteiger partial charge in [0, 0.05) is 17.9 Å². The number of rotatable bonds is 2. The average Bonchev–Trinajstić information content (AvgIpc) is 2.35. The second kappa shape index (κ2) is 3.64. The summed E-state index contributed by atoms with van der Waals surface area (Å²) in [6, 6.07) is 0. The zero-order valence-corrected chi connectivity index (χ0v) is 9.73. The van der Waals surface area contributed by atoms with E-state index in [0.29, 0.717) is 17.9 Å². The van der Waals surface area contributed by atoms with Crippen molar-refractivity contribution in [2.75, 3.05) is 13.1 Å². The van der Waals surface area contributed by atoms with Gasteiger partial charge in [-0.25, -0.2) is 12.7 Å². The van der Waals surface area contributed by atoms with Crippen LogP contribution in [0.15, 0.2) is 0 Å². The Bertz CT molecular complexity index is 250. The van der Waals surface area contributed by atoms with Crippen LogP contribution < -0.4 is 0 Å². The van der Waals surface area contributed by atoms with E-state index in [0.717, 1.165) is 6.42 Å². The highest BCUT2D eigenvalue weighted by molar-refractivity contribution is 9.09. The molecular formula is C7H14BrNO2S. The number of hydrogen-bond acceptors (Lipinski definition) is 2. The van der Waals surface area contributed by atoms with Gasteiger partial charge < -0.3 is 0 Å². The van der Waals surface area contributed by atoms with Gasteiger partial charge in [0.05, 0.1) is 5.25 Å². The van der Waals surface area contributed by atoms with E-state index in [2.05, 4.69) is 15.9 Å². The molecule has 72 valence electrons. The first kappa shape index (κ1) is 10.5. The Kier molecular flexibility index (Phi) is 3.17. The van der Waals surface area contributed by atoms with Crippen molar-refractivity contribution in [2.45, 2.75) is 30.3 Å². The third kappa shape index (κ3) is 2.00. The Morgan fingerprint density at radius 3 is 2.42 bits per heavy atom. The summed E-state index contributed by atoms with van der Waals surface area (Å²) in [4.78, 5) is 0.339. The second-order valence-corrected chi connectivity index (χ2v) is 7.12. The summed E-state index contributed by atoms with van der Waals surface area (Å²) in [5, 5.41) is -0.296. The molecule has 0 saturated carbocycles. The quantitative estimate of drug-likeness (QED) is 0.696. The van der Waals surface area contributed by atoms with Crippen LogP contribution in [0.5, 0.6) is 0 Å². The van der Waals surface area contributed by atoms with E-state index >= 15 is 0 Å². The molecule has 1 heterocycles. The summed E-state index contributed by atoms with van der Waals surface area (Å²) in [7, 11) is -3.01. The predicted octanol–water partition coefficient (Wildman–Crippen LogP) is 1.19. The van der Waals surface area contributed by atoms with Crippen molar-refractivity contribution in [3.63, 3.8) is 0 Å². The summed E-state index contributed by atoms with van der Waals surface area (Å²) in [5.74, 6) is 0. The van der Waals surface area contributed by atoms with Crippen molar-refractivity contribution in [1.82, 2.24) is 4.31 Å². The predicted molar refractivity (Wildman–Crippen MR) is 53.0 cm³/mol. The van der Waals surface area contributed by atoms with E-state index in [-0.39, 0.29) is 5.25 Å². The van der Waals surface area contributed by atoms with Crippen LogP contribution in [0.2, 0.25) is 0 Å². The number of nitrogens with zero attached hydrogens (tertiary/aromatic N) is 1. The van der Waals surface area contributed by atoms with Gasteiger partial charge >= 0.3 is 0 Å². The van der Waals surface area contributed by atoms with Gasteiger partial charge in [0.15, 0.2) is 0 Å². The fourth-order valence-electron chi connectivity index (χ4n) is 1.22. The monoisotopic (exact) mass is 255 g/mol. The second-order valence-electron chi connectivity index (χ2n) is 3.34. The molecule has 0 N–H and O–H groups in total. The van der Waals surface area contributed by atoms with Crippen molar-refractivity contribution >= 4 is 26.0 Å². The SMILES string of the molecule is CC(C)S(=O)(=O)N1CCC(Br)C1. The fraction of sp³-hybridized carbons (Fsp3) is 1.00. The molecule has 0 amide bonds. The molecule has 1 rings (SSSR count). The van der Waals surface area contributed by atoms with E-state index < -0.39 is 10.0 Å². The molecule has 0 bridgehead atoms. The Hall–Kier alpha value is 0.390. The summed E-state index contributed by atoms with van der Waals surface area (Å²) in [5.41, 5.74) is 0. The van der Waals surface area contributed by atoms with Crippen molar-refractivity contribution in [2.24, 2.45) is 0 Å². The van der Waals surface area contributed by atoms with Crippen LogP contribution in [0.4, 0.5) is 0 Å². The zero-order valence-electron chi connectivity index (χ0n) is 7.33. The van der Waals surface area contributed by atoms with Crippen molar-refractivity contribution in [3.8, 4) is 0 Å². The van der Waals surface area contributed by atoms with Crippen LogP contribution in [-0.2, 0) is 10.0 Å².